The van der Waals surface area contributed by atoms with Gasteiger partial charge in [0.15, 0.2) is 11.5 Å². The van der Waals surface area contributed by atoms with Crippen LogP contribution in [0, 0.1) is 12.3 Å². The monoisotopic (exact) mass is 323 g/mol. The van der Waals surface area contributed by atoms with Crippen molar-refractivity contribution in [2.24, 2.45) is 0 Å². The standard InChI is InChI=1S/C15H18BrNO2/c1-3-4-7-19-15-13(16)8-11(9-14(15)18-2)10-17-12-5-6-12/h1,8-9,12,17H,4-7,10H2,2H3. The molecule has 0 bridgehead atoms. The summed E-state index contributed by atoms with van der Waals surface area (Å²) in [6.45, 7) is 1.34. The van der Waals surface area contributed by atoms with Gasteiger partial charge in [-0.05, 0) is 46.5 Å². The van der Waals surface area contributed by atoms with E-state index in [1.54, 1.807) is 7.11 Å². The first-order chi connectivity index (χ1) is 9.24. The van der Waals surface area contributed by atoms with Crippen LogP contribution in [0.15, 0.2) is 16.6 Å². The number of hydrogen-bond acceptors (Lipinski definition) is 3. The van der Waals surface area contributed by atoms with Crippen molar-refractivity contribution in [3.05, 3.63) is 22.2 Å². The van der Waals surface area contributed by atoms with Crippen LogP contribution in [0.5, 0.6) is 11.5 Å². The number of ether oxygens (including phenoxy) is 2. The van der Waals surface area contributed by atoms with Gasteiger partial charge in [0.25, 0.3) is 0 Å². The SMILES string of the molecule is C#CCCOc1c(Br)cc(CNC2CC2)cc1OC. The largest absolute Gasteiger partial charge is 0.493 e. The van der Waals surface area contributed by atoms with Crippen LogP contribution in [0.3, 0.4) is 0 Å². The highest BCUT2D eigenvalue weighted by Gasteiger charge is 2.20. The molecule has 0 aromatic heterocycles. The van der Waals surface area contributed by atoms with Gasteiger partial charge in [0, 0.05) is 19.0 Å². The topological polar surface area (TPSA) is 30.5 Å². The Morgan fingerprint density at radius 1 is 1.47 bits per heavy atom. The van der Waals surface area contributed by atoms with Crippen LogP contribution in [-0.2, 0) is 6.54 Å². The highest BCUT2D eigenvalue weighted by molar-refractivity contribution is 9.10. The number of methoxy groups -OCH3 is 1. The first-order valence-corrected chi connectivity index (χ1v) is 7.20. The fourth-order valence-corrected chi connectivity index (χ4v) is 2.38. The average Bonchev–Trinajstić information content (AvgIpc) is 3.22. The molecule has 0 amide bonds. The molecule has 1 N–H and O–H groups in total. The van der Waals surface area contributed by atoms with Crippen molar-refractivity contribution in [1.82, 2.24) is 5.32 Å². The van der Waals surface area contributed by atoms with E-state index in [9.17, 15) is 0 Å². The van der Waals surface area contributed by atoms with Crippen molar-refractivity contribution in [3.8, 4) is 23.8 Å². The van der Waals surface area contributed by atoms with E-state index >= 15 is 0 Å². The van der Waals surface area contributed by atoms with Crippen LogP contribution < -0.4 is 14.8 Å². The molecule has 0 radical (unpaired) electrons. The van der Waals surface area contributed by atoms with Gasteiger partial charge >= 0.3 is 0 Å². The summed E-state index contributed by atoms with van der Waals surface area (Å²) in [4.78, 5) is 0. The molecule has 1 fully saturated rings. The fraction of sp³-hybridized carbons (Fsp3) is 0.467. The summed E-state index contributed by atoms with van der Waals surface area (Å²) in [5.41, 5.74) is 1.18. The molecule has 1 aromatic rings. The molecule has 2 rings (SSSR count). The van der Waals surface area contributed by atoms with Crippen molar-refractivity contribution < 1.29 is 9.47 Å². The summed E-state index contributed by atoms with van der Waals surface area (Å²) in [5.74, 6) is 4.01. The number of terminal acetylenes is 1. The van der Waals surface area contributed by atoms with E-state index in [0.717, 1.165) is 16.8 Å². The third kappa shape index (κ3) is 4.15. The molecule has 0 atom stereocenters. The lowest BCUT2D eigenvalue weighted by Crippen LogP contribution is -2.15. The molecule has 1 saturated carbocycles. The summed E-state index contributed by atoms with van der Waals surface area (Å²) in [6.07, 6.45) is 8.37. The van der Waals surface area contributed by atoms with Gasteiger partial charge in [-0.3, -0.25) is 0 Å². The number of halogens is 1. The van der Waals surface area contributed by atoms with Crippen LogP contribution in [0.25, 0.3) is 0 Å². The number of benzene rings is 1. The third-order valence-electron chi connectivity index (χ3n) is 2.95. The molecule has 3 nitrogen and oxygen atoms in total. The van der Waals surface area contributed by atoms with Gasteiger partial charge in [-0.1, -0.05) is 0 Å². The summed E-state index contributed by atoms with van der Waals surface area (Å²) < 4.78 is 11.9. The van der Waals surface area contributed by atoms with Gasteiger partial charge < -0.3 is 14.8 Å². The Kier molecular flexibility index (Phi) is 5.12. The molecular formula is C15H18BrNO2. The zero-order valence-corrected chi connectivity index (χ0v) is 12.6. The van der Waals surface area contributed by atoms with Gasteiger partial charge in [-0.2, -0.15) is 0 Å². The van der Waals surface area contributed by atoms with Crippen LogP contribution in [0.1, 0.15) is 24.8 Å². The second-order valence-corrected chi connectivity index (χ2v) is 5.42. The fourth-order valence-electron chi connectivity index (χ4n) is 1.78. The highest BCUT2D eigenvalue weighted by Crippen LogP contribution is 2.37. The molecular weight excluding hydrogens is 306 g/mol. The van der Waals surface area contributed by atoms with Crippen LogP contribution in [0.4, 0.5) is 0 Å². The molecule has 0 unspecified atom stereocenters. The Hall–Kier alpha value is -1.18. The summed E-state index contributed by atoms with van der Waals surface area (Å²) in [5, 5.41) is 3.48. The first kappa shape index (κ1) is 14.2. The minimum Gasteiger partial charge on any atom is -0.493 e. The molecule has 0 aliphatic heterocycles. The van der Waals surface area contributed by atoms with Gasteiger partial charge in [0.2, 0.25) is 0 Å². The Balaban J connectivity index is 2.07. The van der Waals surface area contributed by atoms with Gasteiger partial charge in [-0.25, -0.2) is 0 Å². The van der Waals surface area contributed by atoms with Gasteiger partial charge in [-0.15, -0.1) is 12.3 Å². The minimum atomic E-state index is 0.491. The smallest absolute Gasteiger partial charge is 0.175 e. The first-order valence-electron chi connectivity index (χ1n) is 6.40. The Bertz CT molecular complexity index is 478. The molecule has 0 heterocycles. The zero-order chi connectivity index (χ0) is 13.7. The predicted molar refractivity (Wildman–Crippen MR) is 79.5 cm³/mol. The number of nitrogens with one attached hydrogen (secondary N) is 1. The molecule has 1 aliphatic rings. The lowest BCUT2D eigenvalue weighted by Gasteiger charge is -2.14. The molecule has 19 heavy (non-hydrogen) atoms. The molecule has 1 aromatic carbocycles. The Morgan fingerprint density at radius 2 is 2.26 bits per heavy atom. The predicted octanol–water partition coefficient (Wildman–Crippen LogP) is 3.11. The van der Waals surface area contributed by atoms with E-state index in [1.807, 2.05) is 6.07 Å². The maximum atomic E-state index is 5.66. The molecule has 0 spiro atoms. The van der Waals surface area contributed by atoms with Crippen molar-refractivity contribution in [1.29, 1.82) is 0 Å². The van der Waals surface area contributed by atoms with E-state index in [0.29, 0.717) is 24.8 Å². The van der Waals surface area contributed by atoms with E-state index in [-0.39, 0.29) is 0 Å². The minimum absolute atomic E-state index is 0.491. The van der Waals surface area contributed by atoms with E-state index in [2.05, 4.69) is 33.2 Å². The lowest BCUT2D eigenvalue weighted by molar-refractivity contribution is 0.299. The van der Waals surface area contributed by atoms with Crippen LogP contribution >= 0.6 is 15.9 Å². The normalized spacial score (nSPS) is 13.9. The van der Waals surface area contributed by atoms with Crippen LogP contribution in [-0.4, -0.2) is 19.8 Å². The van der Waals surface area contributed by atoms with Gasteiger partial charge in [0.05, 0.1) is 18.2 Å². The lowest BCUT2D eigenvalue weighted by atomic mass is 10.2. The summed E-state index contributed by atoms with van der Waals surface area (Å²) in [6, 6.07) is 4.75. The summed E-state index contributed by atoms with van der Waals surface area (Å²) >= 11 is 3.53. The quantitative estimate of drug-likeness (QED) is 0.617. The highest BCUT2D eigenvalue weighted by atomic mass is 79.9. The maximum absolute atomic E-state index is 5.66. The van der Waals surface area contributed by atoms with Gasteiger partial charge in [0.1, 0.15) is 0 Å². The second-order valence-electron chi connectivity index (χ2n) is 4.57. The number of hydrogen-bond donors (Lipinski definition) is 1. The summed E-state index contributed by atoms with van der Waals surface area (Å²) in [7, 11) is 1.65. The average molecular weight is 324 g/mol. The maximum Gasteiger partial charge on any atom is 0.175 e. The Labute approximate surface area is 122 Å². The third-order valence-corrected chi connectivity index (χ3v) is 3.54. The Morgan fingerprint density at radius 3 is 2.89 bits per heavy atom. The van der Waals surface area contributed by atoms with Crippen molar-refractivity contribution in [2.75, 3.05) is 13.7 Å². The molecule has 102 valence electrons. The van der Waals surface area contributed by atoms with Crippen molar-refractivity contribution >= 4 is 15.9 Å². The van der Waals surface area contributed by atoms with Crippen molar-refractivity contribution in [2.45, 2.75) is 31.8 Å². The van der Waals surface area contributed by atoms with Crippen molar-refractivity contribution in [3.63, 3.8) is 0 Å². The van der Waals surface area contributed by atoms with E-state index in [4.69, 9.17) is 15.9 Å². The van der Waals surface area contributed by atoms with E-state index < -0.39 is 0 Å². The second kappa shape index (κ2) is 6.83. The number of rotatable bonds is 7. The molecule has 4 heteroatoms. The van der Waals surface area contributed by atoms with Crippen LogP contribution in [0.2, 0.25) is 0 Å². The van der Waals surface area contributed by atoms with E-state index in [1.165, 1.54) is 18.4 Å². The zero-order valence-electron chi connectivity index (χ0n) is 11.0. The molecule has 1 aliphatic carbocycles. The molecule has 0 saturated heterocycles.